The van der Waals surface area contributed by atoms with Gasteiger partial charge in [0.15, 0.2) is 5.60 Å². The molecule has 0 aliphatic carbocycles. The highest BCUT2D eigenvalue weighted by Gasteiger charge is 2.51. The number of Topliss-reactive ketones (excluding diaryl/α,β-unsaturated/α-hetero) is 1. The summed E-state index contributed by atoms with van der Waals surface area (Å²) in [5.74, 6) is -0.122. The van der Waals surface area contributed by atoms with Crippen LogP contribution in [-0.2, 0) is 21.7 Å². The minimum absolute atomic E-state index is 0.179. The molecule has 0 aromatic heterocycles. The third kappa shape index (κ3) is 4.48. The lowest BCUT2D eigenvalue weighted by Gasteiger charge is -2.22. The first-order chi connectivity index (χ1) is 14.3. The molecular weight excluding hydrogens is 425 g/mol. The molecular formula is C23H25Cl2NO4. The number of carbonyl (C=O) groups is 2. The molecule has 30 heavy (non-hydrogen) atoms. The van der Waals surface area contributed by atoms with E-state index in [4.69, 9.17) is 27.9 Å². The van der Waals surface area contributed by atoms with Crippen LogP contribution in [0, 0.1) is 0 Å². The Labute approximate surface area is 186 Å². The van der Waals surface area contributed by atoms with E-state index in [1.807, 2.05) is 24.3 Å². The highest BCUT2D eigenvalue weighted by molar-refractivity contribution is 6.44. The molecule has 5 nitrogen and oxygen atoms in total. The van der Waals surface area contributed by atoms with Crippen LogP contribution in [-0.4, -0.2) is 23.4 Å². The van der Waals surface area contributed by atoms with Crippen molar-refractivity contribution < 1.29 is 19.4 Å². The summed E-state index contributed by atoms with van der Waals surface area (Å²) in [7, 11) is 0. The first-order valence-corrected chi connectivity index (χ1v) is 10.8. The molecule has 160 valence electrons. The quantitative estimate of drug-likeness (QED) is 0.529. The summed E-state index contributed by atoms with van der Waals surface area (Å²) in [5.41, 5.74) is -0.471. The Bertz CT molecular complexity index is 945. The third-order valence-corrected chi connectivity index (χ3v) is 5.96. The molecule has 0 bridgehead atoms. The zero-order chi connectivity index (χ0) is 21.9. The maximum absolute atomic E-state index is 13.2. The van der Waals surface area contributed by atoms with Crippen molar-refractivity contribution in [2.75, 3.05) is 11.5 Å². The number of aliphatic hydroxyl groups is 1. The fourth-order valence-corrected chi connectivity index (χ4v) is 4.09. The number of nitrogens with zero attached hydrogens (tertiary/aromatic N) is 1. The Morgan fingerprint density at radius 2 is 1.83 bits per heavy atom. The normalized spacial score (nSPS) is 17.9. The highest BCUT2D eigenvalue weighted by atomic mass is 35.5. The van der Waals surface area contributed by atoms with Gasteiger partial charge >= 0.3 is 0 Å². The summed E-state index contributed by atoms with van der Waals surface area (Å²) in [5, 5.41) is 11.6. The van der Waals surface area contributed by atoms with Crippen LogP contribution in [0.4, 0.5) is 5.69 Å². The van der Waals surface area contributed by atoms with Gasteiger partial charge in [-0.15, -0.1) is 0 Å². The van der Waals surface area contributed by atoms with Crippen molar-refractivity contribution in [3.8, 4) is 5.75 Å². The molecule has 1 unspecified atom stereocenters. The zero-order valence-corrected chi connectivity index (χ0v) is 18.6. The number of anilines is 1. The van der Waals surface area contributed by atoms with Crippen LogP contribution < -0.4 is 9.64 Å². The van der Waals surface area contributed by atoms with Crippen LogP contribution in [0.3, 0.4) is 0 Å². The minimum atomic E-state index is -1.95. The van der Waals surface area contributed by atoms with Crippen LogP contribution in [0.5, 0.6) is 5.75 Å². The Kier molecular flexibility index (Phi) is 7.06. The van der Waals surface area contributed by atoms with Gasteiger partial charge in [-0.25, -0.2) is 0 Å². The van der Waals surface area contributed by atoms with Gasteiger partial charge in [0.1, 0.15) is 11.5 Å². The van der Waals surface area contributed by atoms with Crippen LogP contribution in [0.15, 0.2) is 36.4 Å². The molecule has 1 aliphatic heterocycles. The molecule has 0 fully saturated rings. The van der Waals surface area contributed by atoms with Gasteiger partial charge < -0.3 is 14.7 Å². The topological polar surface area (TPSA) is 66.8 Å². The van der Waals surface area contributed by atoms with Gasteiger partial charge in [-0.1, -0.05) is 61.2 Å². The Morgan fingerprint density at radius 1 is 1.13 bits per heavy atom. The Morgan fingerprint density at radius 3 is 2.47 bits per heavy atom. The van der Waals surface area contributed by atoms with E-state index in [-0.39, 0.29) is 28.8 Å². The lowest BCUT2D eigenvalue weighted by Crippen LogP contribution is -2.41. The van der Waals surface area contributed by atoms with Crippen LogP contribution in [0.1, 0.15) is 50.7 Å². The second-order valence-corrected chi connectivity index (χ2v) is 8.37. The predicted octanol–water partition coefficient (Wildman–Crippen LogP) is 5.28. The molecule has 2 aromatic carbocycles. The largest absolute Gasteiger partial charge is 0.494 e. The number of carbonyl (C=O) groups excluding carboxylic acids is 2. The zero-order valence-electron chi connectivity index (χ0n) is 17.1. The molecule has 7 heteroatoms. The van der Waals surface area contributed by atoms with Crippen molar-refractivity contribution >= 4 is 40.6 Å². The number of fused-ring (bicyclic) bond motifs is 1. The summed E-state index contributed by atoms with van der Waals surface area (Å²) in [6.45, 7) is 4.33. The summed E-state index contributed by atoms with van der Waals surface area (Å²) in [6.07, 6.45) is 2.94. The monoisotopic (exact) mass is 449 g/mol. The number of benzene rings is 2. The fourth-order valence-electron chi connectivity index (χ4n) is 3.68. The van der Waals surface area contributed by atoms with Crippen LogP contribution in [0.25, 0.3) is 0 Å². The van der Waals surface area contributed by atoms with Crippen LogP contribution in [0.2, 0.25) is 10.0 Å². The van der Waals surface area contributed by atoms with E-state index in [0.717, 1.165) is 30.6 Å². The number of ether oxygens (including phenoxy) is 1. The average molecular weight is 450 g/mol. The van der Waals surface area contributed by atoms with E-state index in [1.165, 1.54) is 17.9 Å². The van der Waals surface area contributed by atoms with Crippen molar-refractivity contribution in [3.63, 3.8) is 0 Å². The van der Waals surface area contributed by atoms with Crippen molar-refractivity contribution in [3.05, 3.63) is 57.6 Å². The lowest BCUT2D eigenvalue weighted by molar-refractivity contribution is -0.141. The van der Waals surface area contributed by atoms with E-state index >= 15 is 0 Å². The smallest absolute Gasteiger partial charge is 0.264 e. The number of rotatable bonds is 9. The Hall–Kier alpha value is -2.08. The number of hydrogen-bond acceptors (Lipinski definition) is 4. The number of unbranched alkanes of at least 4 members (excludes halogenated alkanes) is 2. The minimum Gasteiger partial charge on any atom is -0.494 e. The molecule has 3 rings (SSSR count). The molecule has 0 saturated heterocycles. The molecule has 1 aliphatic rings. The number of ketones is 1. The molecule has 1 heterocycles. The van der Waals surface area contributed by atoms with Crippen molar-refractivity contribution in [2.24, 2.45) is 0 Å². The lowest BCUT2D eigenvalue weighted by atomic mass is 9.90. The van der Waals surface area contributed by atoms with E-state index in [9.17, 15) is 14.7 Å². The molecule has 0 radical (unpaired) electrons. The second-order valence-electron chi connectivity index (χ2n) is 7.59. The molecule has 0 saturated carbocycles. The average Bonchev–Trinajstić information content (AvgIpc) is 2.90. The Balaban J connectivity index is 1.85. The molecule has 1 amide bonds. The first kappa shape index (κ1) is 22.6. The van der Waals surface area contributed by atoms with E-state index in [1.54, 1.807) is 6.07 Å². The highest BCUT2D eigenvalue weighted by Crippen LogP contribution is 2.49. The number of halogens is 2. The number of hydrogen-bond donors (Lipinski definition) is 1. The molecule has 0 spiro atoms. The summed E-state index contributed by atoms with van der Waals surface area (Å²) < 4.78 is 5.73. The van der Waals surface area contributed by atoms with Gasteiger partial charge in [-0.2, -0.15) is 0 Å². The molecule has 1 atom stereocenters. The van der Waals surface area contributed by atoms with Gasteiger partial charge in [0.05, 0.1) is 28.9 Å². The van der Waals surface area contributed by atoms with Crippen molar-refractivity contribution in [1.29, 1.82) is 0 Å². The van der Waals surface area contributed by atoms with Crippen molar-refractivity contribution in [2.45, 2.75) is 51.7 Å². The molecule has 1 N–H and O–H groups in total. The number of amides is 1. The van der Waals surface area contributed by atoms with Crippen molar-refractivity contribution in [1.82, 2.24) is 0 Å². The predicted molar refractivity (Wildman–Crippen MR) is 118 cm³/mol. The maximum Gasteiger partial charge on any atom is 0.264 e. The van der Waals surface area contributed by atoms with Gasteiger partial charge in [0, 0.05) is 12.0 Å². The summed E-state index contributed by atoms with van der Waals surface area (Å²) in [6, 6.07) is 10.5. The van der Waals surface area contributed by atoms with E-state index in [2.05, 4.69) is 6.92 Å². The third-order valence-electron chi connectivity index (χ3n) is 5.17. The van der Waals surface area contributed by atoms with Gasteiger partial charge in [0.2, 0.25) is 0 Å². The summed E-state index contributed by atoms with van der Waals surface area (Å²) in [4.78, 5) is 26.3. The van der Waals surface area contributed by atoms with Crippen LogP contribution >= 0.6 is 23.2 Å². The maximum atomic E-state index is 13.2. The van der Waals surface area contributed by atoms with E-state index in [0.29, 0.717) is 17.9 Å². The van der Waals surface area contributed by atoms with Gasteiger partial charge in [-0.05, 0) is 37.1 Å². The van der Waals surface area contributed by atoms with Gasteiger partial charge in [-0.3, -0.25) is 9.59 Å². The first-order valence-electron chi connectivity index (χ1n) is 10.0. The second kappa shape index (κ2) is 9.38. The standard InChI is InChI=1S/C23H25Cl2NO4/c1-3-4-5-12-30-17-8-6-16(7-9-17)14-26-21-18(10-11-19(24)20(21)25)23(29,22(26)28)13-15(2)27/h6-11,29H,3-5,12-14H2,1-2H3. The molecule has 2 aromatic rings. The van der Waals surface area contributed by atoms with E-state index < -0.39 is 11.5 Å². The SMILES string of the molecule is CCCCCOc1ccc(CN2C(=O)C(O)(CC(C)=O)c3ccc(Cl)c(Cl)c32)cc1. The van der Waals surface area contributed by atoms with Gasteiger partial charge in [0.25, 0.3) is 5.91 Å². The summed E-state index contributed by atoms with van der Waals surface area (Å²) >= 11 is 12.6. The fraction of sp³-hybridized carbons (Fsp3) is 0.391.